The van der Waals surface area contributed by atoms with Gasteiger partial charge in [0.2, 0.25) is 21.8 Å². The Kier molecular flexibility index (Phi) is 6.21. The zero-order valence-corrected chi connectivity index (χ0v) is 19.0. The molecule has 2 aliphatic rings. The van der Waals surface area contributed by atoms with Gasteiger partial charge in [-0.25, -0.2) is 8.42 Å². The third-order valence-corrected chi connectivity index (χ3v) is 7.88. The number of rotatable bonds is 6. The number of fused-ring (bicyclic) bond motifs is 1. The monoisotopic (exact) mass is 457 g/mol. The molecule has 9 heteroatoms. The van der Waals surface area contributed by atoms with E-state index in [1.54, 1.807) is 19.2 Å². The summed E-state index contributed by atoms with van der Waals surface area (Å²) in [6.45, 7) is 2.75. The molecule has 1 unspecified atom stereocenters. The van der Waals surface area contributed by atoms with E-state index in [-0.39, 0.29) is 23.1 Å². The first-order valence-corrected chi connectivity index (χ1v) is 12.1. The van der Waals surface area contributed by atoms with Crippen molar-refractivity contribution in [1.82, 2.24) is 9.62 Å². The molecule has 0 radical (unpaired) electrons. The second kappa shape index (κ2) is 8.91. The van der Waals surface area contributed by atoms with Crippen molar-refractivity contribution < 1.29 is 22.7 Å². The van der Waals surface area contributed by atoms with E-state index in [4.69, 9.17) is 4.74 Å². The summed E-state index contributed by atoms with van der Waals surface area (Å²) in [7, 11) is -1.99. The van der Waals surface area contributed by atoms with E-state index in [9.17, 15) is 18.0 Å². The summed E-state index contributed by atoms with van der Waals surface area (Å²) < 4.78 is 32.6. The summed E-state index contributed by atoms with van der Waals surface area (Å²) in [5.41, 5.74) is 2.14. The van der Waals surface area contributed by atoms with Crippen LogP contribution in [0.25, 0.3) is 0 Å². The van der Waals surface area contributed by atoms with Crippen molar-refractivity contribution in [1.29, 1.82) is 0 Å². The third-order valence-electron chi connectivity index (χ3n) is 5.98. The van der Waals surface area contributed by atoms with Crippen LogP contribution >= 0.6 is 0 Å². The minimum absolute atomic E-state index is 0.207. The van der Waals surface area contributed by atoms with Crippen molar-refractivity contribution in [2.45, 2.75) is 43.7 Å². The molecule has 2 aromatic carbocycles. The van der Waals surface area contributed by atoms with Gasteiger partial charge in [0.05, 0.1) is 12.0 Å². The van der Waals surface area contributed by atoms with E-state index in [1.807, 2.05) is 24.3 Å². The van der Waals surface area contributed by atoms with Crippen LogP contribution in [0.4, 0.5) is 5.69 Å². The van der Waals surface area contributed by atoms with Gasteiger partial charge in [0.1, 0.15) is 11.8 Å². The van der Waals surface area contributed by atoms with Gasteiger partial charge in [-0.1, -0.05) is 12.1 Å². The zero-order chi connectivity index (χ0) is 22.9. The number of benzene rings is 2. The van der Waals surface area contributed by atoms with Crippen molar-refractivity contribution in [3.05, 3.63) is 53.6 Å². The Morgan fingerprint density at radius 1 is 1.12 bits per heavy atom. The van der Waals surface area contributed by atoms with E-state index < -0.39 is 16.1 Å². The lowest BCUT2D eigenvalue weighted by molar-refractivity contribution is -0.125. The number of carbonyl (C=O) groups is 2. The summed E-state index contributed by atoms with van der Waals surface area (Å²) in [6.07, 6.45) is 1.98. The van der Waals surface area contributed by atoms with Crippen LogP contribution in [0, 0.1) is 0 Å². The SMILES string of the molecule is COc1cccc(CNC(=O)C2Cc3cc(S(=O)(=O)N4CCCC4)ccc3N2C(C)=O)c1. The summed E-state index contributed by atoms with van der Waals surface area (Å²) in [5.74, 6) is 0.144. The molecular weight excluding hydrogens is 430 g/mol. The van der Waals surface area contributed by atoms with E-state index in [0.29, 0.717) is 36.6 Å². The maximum absolute atomic E-state index is 13.0. The zero-order valence-electron chi connectivity index (χ0n) is 18.2. The number of nitrogens with zero attached hydrogens (tertiary/aromatic N) is 2. The highest BCUT2D eigenvalue weighted by atomic mass is 32.2. The fourth-order valence-electron chi connectivity index (χ4n) is 4.35. The Balaban J connectivity index is 1.54. The van der Waals surface area contributed by atoms with E-state index >= 15 is 0 Å². The second-order valence-electron chi connectivity index (χ2n) is 8.08. The van der Waals surface area contributed by atoms with Crippen LogP contribution in [-0.2, 0) is 32.6 Å². The van der Waals surface area contributed by atoms with Crippen LogP contribution in [0.15, 0.2) is 47.4 Å². The molecular formula is C23H27N3O5S. The Labute approximate surface area is 188 Å². The number of anilines is 1. The number of carbonyl (C=O) groups excluding carboxylic acids is 2. The van der Waals surface area contributed by atoms with Crippen molar-refractivity contribution in [2.75, 3.05) is 25.1 Å². The fourth-order valence-corrected chi connectivity index (χ4v) is 5.92. The van der Waals surface area contributed by atoms with Gasteiger partial charge < -0.3 is 10.1 Å². The van der Waals surface area contributed by atoms with Crippen molar-refractivity contribution in [2.24, 2.45) is 0 Å². The summed E-state index contributed by atoms with van der Waals surface area (Å²) >= 11 is 0. The van der Waals surface area contributed by atoms with Crippen LogP contribution in [0.5, 0.6) is 5.75 Å². The topological polar surface area (TPSA) is 96.0 Å². The maximum atomic E-state index is 13.0. The summed E-state index contributed by atoms with van der Waals surface area (Å²) in [6, 6.07) is 11.4. The van der Waals surface area contributed by atoms with E-state index in [1.165, 1.54) is 22.2 Å². The Morgan fingerprint density at radius 3 is 2.56 bits per heavy atom. The lowest BCUT2D eigenvalue weighted by Crippen LogP contribution is -2.47. The summed E-state index contributed by atoms with van der Waals surface area (Å²) in [5, 5.41) is 2.89. The van der Waals surface area contributed by atoms with Crippen LogP contribution < -0.4 is 15.0 Å². The Bertz CT molecular complexity index is 1140. The number of methoxy groups -OCH3 is 1. The lowest BCUT2D eigenvalue weighted by Gasteiger charge is -2.23. The van der Waals surface area contributed by atoms with E-state index in [2.05, 4.69) is 5.32 Å². The molecule has 1 saturated heterocycles. The highest BCUT2D eigenvalue weighted by Crippen LogP contribution is 2.35. The number of nitrogens with one attached hydrogen (secondary N) is 1. The van der Waals surface area contributed by atoms with Crippen LogP contribution in [-0.4, -0.2) is 50.8 Å². The molecule has 2 heterocycles. The molecule has 2 amide bonds. The molecule has 0 bridgehead atoms. The molecule has 2 aromatic rings. The first-order valence-electron chi connectivity index (χ1n) is 10.6. The molecule has 0 saturated carbocycles. The van der Waals surface area contributed by atoms with Gasteiger partial charge in [-0.2, -0.15) is 4.31 Å². The average molecular weight is 458 g/mol. The maximum Gasteiger partial charge on any atom is 0.243 e. The number of hydrogen-bond donors (Lipinski definition) is 1. The fraction of sp³-hybridized carbons (Fsp3) is 0.391. The third kappa shape index (κ3) is 4.22. The molecule has 2 aliphatic heterocycles. The molecule has 0 aliphatic carbocycles. The van der Waals surface area contributed by atoms with Gasteiger partial charge >= 0.3 is 0 Å². The van der Waals surface area contributed by atoms with Gasteiger partial charge in [-0.05, 0) is 54.3 Å². The number of amides is 2. The predicted octanol–water partition coefficient (Wildman–Crippen LogP) is 2.07. The van der Waals surface area contributed by atoms with Crippen molar-refractivity contribution >= 4 is 27.5 Å². The number of hydrogen-bond acceptors (Lipinski definition) is 5. The molecule has 0 spiro atoms. The van der Waals surface area contributed by atoms with E-state index in [0.717, 1.165) is 18.4 Å². The molecule has 1 N–H and O–H groups in total. The van der Waals surface area contributed by atoms with Crippen molar-refractivity contribution in [3.63, 3.8) is 0 Å². The van der Waals surface area contributed by atoms with Crippen LogP contribution in [0.2, 0.25) is 0 Å². The largest absolute Gasteiger partial charge is 0.497 e. The number of ether oxygens (including phenoxy) is 1. The highest BCUT2D eigenvalue weighted by molar-refractivity contribution is 7.89. The predicted molar refractivity (Wildman–Crippen MR) is 120 cm³/mol. The molecule has 4 rings (SSSR count). The smallest absolute Gasteiger partial charge is 0.243 e. The minimum atomic E-state index is -3.57. The lowest BCUT2D eigenvalue weighted by atomic mass is 10.1. The standard InChI is InChI=1S/C23H27N3O5S/c1-16(27)26-21-9-8-20(32(29,30)25-10-3-4-11-25)13-18(21)14-22(26)23(28)24-15-17-6-5-7-19(12-17)31-2/h5-9,12-13,22H,3-4,10-11,14-15H2,1-2H3,(H,24,28). The molecule has 1 fully saturated rings. The highest BCUT2D eigenvalue weighted by Gasteiger charge is 2.38. The molecule has 170 valence electrons. The second-order valence-corrected chi connectivity index (χ2v) is 10.0. The molecule has 8 nitrogen and oxygen atoms in total. The Morgan fingerprint density at radius 2 is 1.88 bits per heavy atom. The van der Waals surface area contributed by atoms with Gasteiger partial charge in [0.15, 0.2) is 0 Å². The number of sulfonamides is 1. The van der Waals surface area contributed by atoms with Crippen LogP contribution in [0.1, 0.15) is 30.9 Å². The van der Waals surface area contributed by atoms with Gasteiger partial charge in [-0.3, -0.25) is 14.5 Å². The molecule has 1 atom stereocenters. The molecule has 32 heavy (non-hydrogen) atoms. The van der Waals surface area contributed by atoms with Crippen LogP contribution in [0.3, 0.4) is 0 Å². The first-order chi connectivity index (χ1) is 15.3. The first kappa shape index (κ1) is 22.3. The van der Waals surface area contributed by atoms with Gasteiger partial charge in [-0.15, -0.1) is 0 Å². The quantitative estimate of drug-likeness (QED) is 0.717. The van der Waals surface area contributed by atoms with Gasteiger partial charge in [0.25, 0.3) is 0 Å². The normalized spacial score (nSPS) is 18.4. The average Bonchev–Trinajstić information content (AvgIpc) is 3.45. The summed E-state index contributed by atoms with van der Waals surface area (Å²) in [4.78, 5) is 27.0. The van der Waals surface area contributed by atoms with Gasteiger partial charge in [0, 0.05) is 38.7 Å². The Hall–Kier alpha value is -2.91. The minimum Gasteiger partial charge on any atom is -0.497 e. The molecule has 0 aromatic heterocycles. The van der Waals surface area contributed by atoms with Crippen molar-refractivity contribution in [3.8, 4) is 5.75 Å².